The summed E-state index contributed by atoms with van der Waals surface area (Å²) in [4.78, 5) is 16.3. The van der Waals surface area contributed by atoms with Gasteiger partial charge in [-0.2, -0.15) is 0 Å². The first kappa shape index (κ1) is 22.4. The molecule has 1 aromatic rings. The van der Waals surface area contributed by atoms with E-state index in [0.29, 0.717) is 18.4 Å². The van der Waals surface area contributed by atoms with Gasteiger partial charge in [-0.25, -0.2) is 4.79 Å². The highest BCUT2D eigenvalue weighted by Crippen LogP contribution is 2.29. The Kier molecular flexibility index (Phi) is 7.85. The van der Waals surface area contributed by atoms with Gasteiger partial charge in [0.2, 0.25) is 0 Å². The minimum absolute atomic E-state index is 0.163. The molecule has 6 heteroatoms. The molecule has 162 valence electrons. The van der Waals surface area contributed by atoms with E-state index < -0.39 is 0 Å². The number of likely N-dealkylation sites (tertiary alicyclic amines) is 1. The van der Waals surface area contributed by atoms with Crippen LogP contribution in [0.15, 0.2) is 22.7 Å². The standard InChI is InChI=1S/C23H35BrN2O3/c1-16(2)26-14-19(15-28-23(26)27)13-25-9-7-18(8-10-25)11-20-12-21(29-17(3)4)5-6-22(20)24/h5-6,12,16-19H,7-11,13-15H2,1-4H3. The number of nitrogens with zero attached hydrogens (tertiary/aromatic N) is 2. The number of ether oxygens (including phenoxy) is 2. The topological polar surface area (TPSA) is 42.0 Å². The van der Waals surface area contributed by atoms with Gasteiger partial charge in [0.15, 0.2) is 0 Å². The summed E-state index contributed by atoms with van der Waals surface area (Å²) < 4.78 is 12.4. The molecule has 5 nitrogen and oxygen atoms in total. The minimum atomic E-state index is -0.163. The Morgan fingerprint density at radius 2 is 1.90 bits per heavy atom. The molecule has 2 heterocycles. The molecule has 2 fully saturated rings. The smallest absolute Gasteiger partial charge is 0.410 e. The van der Waals surface area contributed by atoms with Gasteiger partial charge >= 0.3 is 6.09 Å². The molecule has 0 saturated carbocycles. The lowest BCUT2D eigenvalue weighted by Crippen LogP contribution is -2.50. The number of amides is 1. The van der Waals surface area contributed by atoms with Gasteiger partial charge < -0.3 is 19.3 Å². The van der Waals surface area contributed by atoms with Crippen molar-refractivity contribution < 1.29 is 14.3 Å². The number of rotatable bonds is 7. The molecule has 0 spiro atoms. The highest BCUT2D eigenvalue weighted by Gasteiger charge is 2.31. The summed E-state index contributed by atoms with van der Waals surface area (Å²) in [6, 6.07) is 6.53. The second-order valence-corrected chi connectivity index (χ2v) is 9.91. The van der Waals surface area contributed by atoms with Crippen LogP contribution >= 0.6 is 15.9 Å². The summed E-state index contributed by atoms with van der Waals surface area (Å²) in [6.45, 7) is 12.8. The zero-order chi connectivity index (χ0) is 21.0. The van der Waals surface area contributed by atoms with Crippen LogP contribution in [0.1, 0.15) is 46.1 Å². The molecular formula is C23H35BrN2O3. The van der Waals surface area contributed by atoms with E-state index in [9.17, 15) is 4.79 Å². The SMILES string of the molecule is CC(C)Oc1ccc(Br)c(CC2CCN(CC3COC(=O)N(C(C)C)C3)CC2)c1. The van der Waals surface area contributed by atoms with Gasteiger partial charge in [0, 0.05) is 29.5 Å². The van der Waals surface area contributed by atoms with Gasteiger partial charge in [-0.1, -0.05) is 15.9 Å². The number of cyclic esters (lactones) is 1. The van der Waals surface area contributed by atoms with Crippen molar-refractivity contribution in [3.8, 4) is 5.75 Å². The van der Waals surface area contributed by atoms with Gasteiger partial charge in [0.05, 0.1) is 12.7 Å². The molecule has 2 saturated heterocycles. The third kappa shape index (κ3) is 6.35. The van der Waals surface area contributed by atoms with Crippen molar-refractivity contribution in [1.82, 2.24) is 9.80 Å². The fourth-order valence-corrected chi connectivity index (χ4v) is 4.72. The van der Waals surface area contributed by atoms with Crippen molar-refractivity contribution in [2.24, 2.45) is 11.8 Å². The molecule has 1 amide bonds. The van der Waals surface area contributed by atoms with Gasteiger partial charge in [0.1, 0.15) is 5.75 Å². The van der Waals surface area contributed by atoms with Crippen molar-refractivity contribution >= 4 is 22.0 Å². The van der Waals surface area contributed by atoms with Crippen LogP contribution in [-0.2, 0) is 11.2 Å². The summed E-state index contributed by atoms with van der Waals surface area (Å²) in [7, 11) is 0. The number of carbonyl (C=O) groups excluding carboxylic acids is 1. The van der Waals surface area contributed by atoms with E-state index in [1.807, 2.05) is 11.0 Å². The minimum Gasteiger partial charge on any atom is -0.491 e. The molecule has 0 bridgehead atoms. The van der Waals surface area contributed by atoms with Crippen LogP contribution in [0.3, 0.4) is 0 Å². The van der Waals surface area contributed by atoms with Gasteiger partial charge in [-0.3, -0.25) is 0 Å². The molecule has 0 aromatic heterocycles. The molecule has 29 heavy (non-hydrogen) atoms. The lowest BCUT2D eigenvalue weighted by atomic mass is 9.89. The molecular weight excluding hydrogens is 432 g/mol. The summed E-state index contributed by atoms with van der Waals surface area (Å²) in [6.07, 6.45) is 3.54. The van der Waals surface area contributed by atoms with Crippen molar-refractivity contribution in [1.29, 1.82) is 0 Å². The number of hydrogen-bond acceptors (Lipinski definition) is 4. The van der Waals surface area contributed by atoms with E-state index in [-0.39, 0.29) is 18.2 Å². The quantitative estimate of drug-likeness (QED) is 0.568. The molecule has 0 radical (unpaired) electrons. The maximum Gasteiger partial charge on any atom is 0.410 e. The van der Waals surface area contributed by atoms with Crippen molar-refractivity contribution in [3.63, 3.8) is 0 Å². The Morgan fingerprint density at radius 3 is 2.55 bits per heavy atom. The van der Waals surface area contributed by atoms with Crippen LogP contribution in [0.5, 0.6) is 5.75 Å². The third-order valence-corrected chi connectivity index (χ3v) is 6.65. The maximum absolute atomic E-state index is 11.9. The fraction of sp³-hybridized carbons (Fsp3) is 0.696. The van der Waals surface area contributed by atoms with Crippen molar-refractivity contribution in [2.75, 3.05) is 32.8 Å². The van der Waals surface area contributed by atoms with Crippen LogP contribution in [0.25, 0.3) is 0 Å². The van der Waals surface area contributed by atoms with Crippen LogP contribution in [0.4, 0.5) is 4.79 Å². The summed E-state index contributed by atoms with van der Waals surface area (Å²) in [5.74, 6) is 2.07. The van der Waals surface area contributed by atoms with E-state index in [4.69, 9.17) is 9.47 Å². The number of carbonyl (C=O) groups is 1. The Balaban J connectivity index is 1.48. The lowest BCUT2D eigenvalue weighted by molar-refractivity contribution is 0.0171. The Bertz CT molecular complexity index is 687. The molecule has 1 aromatic carbocycles. The summed E-state index contributed by atoms with van der Waals surface area (Å²) >= 11 is 3.71. The zero-order valence-corrected chi connectivity index (χ0v) is 19.8. The Labute approximate surface area is 183 Å². The first-order chi connectivity index (χ1) is 13.8. The Morgan fingerprint density at radius 1 is 1.17 bits per heavy atom. The highest BCUT2D eigenvalue weighted by molar-refractivity contribution is 9.10. The van der Waals surface area contributed by atoms with Crippen LogP contribution < -0.4 is 4.74 Å². The van der Waals surface area contributed by atoms with E-state index >= 15 is 0 Å². The number of piperidine rings is 1. The average Bonchev–Trinajstić information content (AvgIpc) is 2.67. The van der Waals surface area contributed by atoms with Crippen molar-refractivity contribution in [2.45, 2.75) is 59.1 Å². The normalized spacial score (nSPS) is 21.7. The highest BCUT2D eigenvalue weighted by atomic mass is 79.9. The summed E-state index contributed by atoms with van der Waals surface area (Å²) in [5, 5.41) is 0. The molecule has 2 aliphatic heterocycles. The monoisotopic (exact) mass is 466 g/mol. The van der Waals surface area contributed by atoms with Gasteiger partial charge in [-0.15, -0.1) is 0 Å². The third-order valence-electron chi connectivity index (χ3n) is 5.88. The second kappa shape index (κ2) is 10.2. The first-order valence-corrected chi connectivity index (χ1v) is 11.7. The molecule has 0 aliphatic carbocycles. The number of hydrogen-bond donors (Lipinski definition) is 0. The number of halogens is 1. The molecule has 1 unspecified atom stereocenters. The van der Waals surface area contributed by atoms with E-state index in [2.05, 4.69) is 60.7 Å². The lowest BCUT2D eigenvalue weighted by Gasteiger charge is -2.39. The molecule has 3 rings (SSSR count). The Hall–Kier alpha value is -1.27. The average molecular weight is 467 g/mol. The van der Waals surface area contributed by atoms with Crippen LogP contribution in [0, 0.1) is 11.8 Å². The summed E-state index contributed by atoms with van der Waals surface area (Å²) in [5.41, 5.74) is 1.34. The molecule has 1 atom stereocenters. The van der Waals surface area contributed by atoms with Crippen LogP contribution in [0.2, 0.25) is 0 Å². The van der Waals surface area contributed by atoms with Gasteiger partial charge in [-0.05, 0) is 89.7 Å². The van der Waals surface area contributed by atoms with E-state index in [0.717, 1.165) is 38.3 Å². The fourth-order valence-electron chi connectivity index (χ4n) is 4.31. The van der Waals surface area contributed by atoms with Crippen molar-refractivity contribution in [3.05, 3.63) is 28.2 Å². The largest absolute Gasteiger partial charge is 0.491 e. The van der Waals surface area contributed by atoms with Gasteiger partial charge in [0.25, 0.3) is 0 Å². The van der Waals surface area contributed by atoms with E-state index in [1.165, 1.54) is 22.9 Å². The maximum atomic E-state index is 11.9. The zero-order valence-electron chi connectivity index (χ0n) is 18.2. The first-order valence-electron chi connectivity index (χ1n) is 10.9. The molecule has 2 aliphatic rings. The molecule has 0 N–H and O–H groups in total. The van der Waals surface area contributed by atoms with Crippen LogP contribution in [-0.4, -0.2) is 60.8 Å². The van der Waals surface area contributed by atoms with E-state index in [1.54, 1.807) is 0 Å². The number of benzene rings is 1. The predicted molar refractivity (Wildman–Crippen MR) is 119 cm³/mol. The second-order valence-electron chi connectivity index (χ2n) is 9.06. The predicted octanol–water partition coefficient (Wildman–Crippen LogP) is 4.97.